The number of aliphatic hydroxyl groups is 1. The normalized spacial score (nSPS) is 11.0. The van der Waals surface area contributed by atoms with Crippen molar-refractivity contribution in [2.45, 2.75) is 19.4 Å². The minimum atomic E-state index is -1.44. The van der Waals surface area contributed by atoms with Gasteiger partial charge in [-0.3, -0.25) is 10.1 Å². The fourth-order valence-electron chi connectivity index (χ4n) is 1.40. The first kappa shape index (κ1) is 15.7. The number of benzene rings is 1. The van der Waals surface area contributed by atoms with Crippen molar-refractivity contribution in [2.75, 3.05) is 13.7 Å². The van der Waals surface area contributed by atoms with Crippen LogP contribution in [0.25, 0.3) is 0 Å². The Labute approximate surface area is 114 Å². The van der Waals surface area contributed by atoms with Gasteiger partial charge in [-0.2, -0.15) is 0 Å². The molecule has 1 rings (SSSR count). The van der Waals surface area contributed by atoms with Crippen molar-refractivity contribution in [2.24, 2.45) is 0 Å². The molecule has 0 unspecified atom stereocenters. The molecule has 0 bridgehead atoms. The van der Waals surface area contributed by atoms with Crippen LogP contribution in [0.1, 0.15) is 24.2 Å². The quantitative estimate of drug-likeness (QED) is 0.599. The topological polar surface area (TPSA) is 119 Å². The van der Waals surface area contributed by atoms with Gasteiger partial charge >= 0.3 is 5.97 Å². The molecule has 110 valence electrons. The van der Waals surface area contributed by atoms with Gasteiger partial charge in [0.15, 0.2) is 11.5 Å². The second-order valence-corrected chi connectivity index (χ2v) is 4.68. The maximum atomic E-state index is 11.0. The Kier molecular flexibility index (Phi) is 4.51. The highest BCUT2D eigenvalue weighted by molar-refractivity contribution is 5.93. The second-order valence-electron chi connectivity index (χ2n) is 4.68. The van der Waals surface area contributed by atoms with Crippen molar-refractivity contribution in [1.82, 2.24) is 0 Å². The van der Waals surface area contributed by atoms with Gasteiger partial charge in [0.1, 0.15) is 12.2 Å². The number of carboxylic acid groups (broad SMARTS) is 1. The summed E-state index contributed by atoms with van der Waals surface area (Å²) in [4.78, 5) is 21.0. The number of carbonyl (C=O) groups is 1. The molecule has 2 N–H and O–H groups in total. The zero-order chi connectivity index (χ0) is 15.5. The predicted molar refractivity (Wildman–Crippen MR) is 68.4 cm³/mol. The van der Waals surface area contributed by atoms with Gasteiger partial charge in [-0.25, -0.2) is 4.79 Å². The molecule has 0 heterocycles. The minimum absolute atomic E-state index is 0.00803. The van der Waals surface area contributed by atoms with E-state index < -0.39 is 27.7 Å². The number of aromatic carboxylic acids is 1. The third-order valence-corrected chi connectivity index (χ3v) is 2.29. The number of ether oxygens (including phenoxy) is 2. The monoisotopic (exact) mass is 285 g/mol. The SMILES string of the molecule is COc1cc(C(=O)O)c([N+](=O)[O-])cc1OCC(C)(C)O. The van der Waals surface area contributed by atoms with Crippen LogP contribution in [0.5, 0.6) is 11.5 Å². The van der Waals surface area contributed by atoms with Crippen LogP contribution in [-0.2, 0) is 0 Å². The Bertz CT molecular complexity index is 533. The summed E-state index contributed by atoms with van der Waals surface area (Å²) in [5.74, 6) is -1.41. The smallest absolute Gasteiger partial charge is 0.342 e. The Morgan fingerprint density at radius 1 is 1.40 bits per heavy atom. The fourth-order valence-corrected chi connectivity index (χ4v) is 1.40. The summed E-state index contributed by atoms with van der Waals surface area (Å²) in [7, 11) is 1.28. The number of nitro benzene ring substituents is 1. The first-order valence-electron chi connectivity index (χ1n) is 5.60. The van der Waals surface area contributed by atoms with E-state index in [1.54, 1.807) is 0 Å². The van der Waals surface area contributed by atoms with E-state index in [2.05, 4.69) is 0 Å². The van der Waals surface area contributed by atoms with Gasteiger partial charge in [0.25, 0.3) is 5.69 Å². The Balaban J connectivity index is 3.27. The third-order valence-electron chi connectivity index (χ3n) is 2.29. The summed E-state index contributed by atoms with van der Waals surface area (Å²) < 4.78 is 10.2. The lowest BCUT2D eigenvalue weighted by atomic mass is 10.1. The Morgan fingerprint density at radius 2 is 2.00 bits per heavy atom. The largest absolute Gasteiger partial charge is 0.493 e. The predicted octanol–water partition coefficient (Wildman–Crippen LogP) is 1.45. The average molecular weight is 285 g/mol. The van der Waals surface area contributed by atoms with E-state index in [0.29, 0.717) is 0 Å². The molecule has 0 atom stereocenters. The van der Waals surface area contributed by atoms with Crippen molar-refractivity contribution in [3.05, 3.63) is 27.8 Å². The van der Waals surface area contributed by atoms with Gasteiger partial charge < -0.3 is 19.7 Å². The molecule has 0 amide bonds. The first-order chi connectivity index (χ1) is 9.15. The van der Waals surface area contributed by atoms with E-state index in [-0.39, 0.29) is 18.1 Å². The van der Waals surface area contributed by atoms with Crippen LogP contribution < -0.4 is 9.47 Å². The van der Waals surface area contributed by atoms with Gasteiger partial charge in [-0.05, 0) is 13.8 Å². The summed E-state index contributed by atoms with van der Waals surface area (Å²) in [6, 6.07) is 1.98. The van der Waals surface area contributed by atoms with E-state index in [9.17, 15) is 20.0 Å². The zero-order valence-electron chi connectivity index (χ0n) is 11.2. The fraction of sp³-hybridized carbons (Fsp3) is 0.417. The molecule has 0 saturated heterocycles. The van der Waals surface area contributed by atoms with Crippen molar-refractivity contribution in [1.29, 1.82) is 0 Å². The van der Waals surface area contributed by atoms with E-state index in [4.69, 9.17) is 14.6 Å². The second kappa shape index (κ2) is 5.74. The van der Waals surface area contributed by atoms with Crippen LogP contribution in [0.15, 0.2) is 12.1 Å². The van der Waals surface area contributed by atoms with Gasteiger partial charge in [0.2, 0.25) is 0 Å². The Hall–Kier alpha value is -2.35. The molecular weight excluding hydrogens is 270 g/mol. The molecule has 0 aliphatic carbocycles. The highest BCUT2D eigenvalue weighted by Gasteiger charge is 2.25. The minimum Gasteiger partial charge on any atom is -0.493 e. The zero-order valence-corrected chi connectivity index (χ0v) is 11.2. The lowest BCUT2D eigenvalue weighted by Crippen LogP contribution is -2.28. The van der Waals surface area contributed by atoms with Gasteiger partial charge in [-0.1, -0.05) is 0 Å². The lowest BCUT2D eigenvalue weighted by Gasteiger charge is -2.19. The molecule has 0 fully saturated rings. The van der Waals surface area contributed by atoms with E-state index in [0.717, 1.165) is 12.1 Å². The number of hydrogen-bond acceptors (Lipinski definition) is 6. The molecule has 0 aliphatic heterocycles. The Morgan fingerprint density at radius 3 is 2.40 bits per heavy atom. The van der Waals surface area contributed by atoms with Crippen molar-refractivity contribution < 1.29 is 29.4 Å². The molecule has 20 heavy (non-hydrogen) atoms. The van der Waals surface area contributed by atoms with Crippen LogP contribution in [0.4, 0.5) is 5.69 Å². The van der Waals surface area contributed by atoms with Gasteiger partial charge in [0, 0.05) is 6.07 Å². The third kappa shape index (κ3) is 3.82. The maximum Gasteiger partial charge on any atom is 0.342 e. The van der Waals surface area contributed by atoms with Crippen LogP contribution in [0.2, 0.25) is 0 Å². The molecule has 8 nitrogen and oxygen atoms in total. The number of rotatable bonds is 6. The number of methoxy groups -OCH3 is 1. The molecule has 0 radical (unpaired) electrons. The van der Waals surface area contributed by atoms with Crippen LogP contribution in [-0.4, -0.2) is 40.4 Å². The molecule has 1 aromatic rings. The summed E-state index contributed by atoms with van der Waals surface area (Å²) in [6.07, 6.45) is 0. The number of hydrogen-bond donors (Lipinski definition) is 2. The molecule has 0 aliphatic rings. The number of nitrogens with zero attached hydrogens (tertiary/aromatic N) is 1. The van der Waals surface area contributed by atoms with Crippen LogP contribution >= 0.6 is 0 Å². The molecule has 0 saturated carbocycles. The first-order valence-corrected chi connectivity index (χ1v) is 5.60. The summed E-state index contributed by atoms with van der Waals surface area (Å²) >= 11 is 0. The standard InChI is InChI=1S/C12H15NO7/c1-12(2,16)6-20-10-5-8(13(17)18)7(11(14)15)4-9(10)19-3/h4-5,16H,6H2,1-3H3,(H,14,15). The van der Waals surface area contributed by atoms with Crippen molar-refractivity contribution in [3.63, 3.8) is 0 Å². The molecule has 8 heteroatoms. The number of carboxylic acids is 1. The molecule has 0 aromatic heterocycles. The van der Waals surface area contributed by atoms with Crippen LogP contribution in [0.3, 0.4) is 0 Å². The average Bonchev–Trinajstić information content (AvgIpc) is 2.33. The van der Waals surface area contributed by atoms with Crippen molar-refractivity contribution in [3.8, 4) is 11.5 Å². The van der Waals surface area contributed by atoms with E-state index in [1.807, 2.05) is 0 Å². The lowest BCUT2D eigenvalue weighted by molar-refractivity contribution is -0.385. The molecule has 1 aromatic carbocycles. The van der Waals surface area contributed by atoms with E-state index >= 15 is 0 Å². The summed E-state index contributed by atoms with van der Waals surface area (Å²) in [6.45, 7) is 2.87. The number of nitro groups is 1. The van der Waals surface area contributed by atoms with Gasteiger partial charge in [0.05, 0.1) is 23.7 Å². The summed E-state index contributed by atoms with van der Waals surface area (Å²) in [5.41, 5.74) is -2.25. The van der Waals surface area contributed by atoms with E-state index in [1.165, 1.54) is 21.0 Å². The van der Waals surface area contributed by atoms with Gasteiger partial charge in [-0.15, -0.1) is 0 Å². The molecule has 0 spiro atoms. The van der Waals surface area contributed by atoms with Crippen LogP contribution in [0, 0.1) is 10.1 Å². The van der Waals surface area contributed by atoms with Crippen molar-refractivity contribution >= 4 is 11.7 Å². The highest BCUT2D eigenvalue weighted by atomic mass is 16.6. The highest BCUT2D eigenvalue weighted by Crippen LogP contribution is 2.35. The molecular formula is C12H15NO7. The maximum absolute atomic E-state index is 11.0. The summed E-state index contributed by atoms with van der Waals surface area (Å²) in [5, 5.41) is 29.4.